The number of β-amino-alcohol motifs (C(OH)–C–C–N with tert-alkyl or cyclic N) is 1. The van der Waals surface area contributed by atoms with E-state index in [-0.39, 0.29) is 18.1 Å². The second-order valence-electron chi connectivity index (χ2n) is 7.93. The normalized spacial score (nSPS) is 20.7. The Labute approximate surface area is 173 Å². The summed E-state index contributed by atoms with van der Waals surface area (Å²) < 4.78 is 1.61. The highest BCUT2D eigenvalue weighted by molar-refractivity contribution is 6.00. The van der Waals surface area contributed by atoms with E-state index in [1.54, 1.807) is 17.8 Å². The maximum absolute atomic E-state index is 12.7. The van der Waals surface area contributed by atoms with Gasteiger partial charge in [-0.05, 0) is 24.5 Å². The smallest absolute Gasteiger partial charge is 0.256 e. The Morgan fingerprint density at radius 3 is 2.73 bits per heavy atom. The zero-order chi connectivity index (χ0) is 20.8. The van der Waals surface area contributed by atoms with Gasteiger partial charge in [-0.15, -0.1) is 0 Å². The van der Waals surface area contributed by atoms with Gasteiger partial charge in [-0.1, -0.05) is 13.0 Å². The third-order valence-corrected chi connectivity index (χ3v) is 5.58. The van der Waals surface area contributed by atoms with Gasteiger partial charge in [0.25, 0.3) is 5.91 Å². The van der Waals surface area contributed by atoms with E-state index in [1.165, 1.54) is 0 Å². The van der Waals surface area contributed by atoms with Crippen molar-refractivity contribution < 1.29 is 9.90 Å². The number of aromatic nitrogens is 4. The molecule has 1 saturated carbocycles. The number of nitrogens with zero attached hydrogens (tertiary/aromatic N) is 5. The molecule has 0 radical (unpaired) electrons. The summed E-state index contributed by atoms with van der Waals surface area (Å²) in [7, 11) is 1.79. The molecule has 1 aliphatic heterocycles. The Morgan fingerprint density at radius 1 is 1.23 bits per heavy atom. The fourth-order valence-electron chi connectivity index (χ4n) is 3.58. The van der Waals surface area contributed by atoms with Gasteiger partial charge in [0.15, 0.2) is 5.65 Å². The maximum atomic E-state index is 12.7. The molecule has 10 nitrogen and oxygen atoms in total. The van der Waals surface area contributed by atoms with Crippen molar-refractivity contribution in [3.63, 3.8) is 0 Å². The van der Waals surface area contributed by atoms with Gasteiger partial charge in [0.1, 0.15) is 28.8 Å². The molecular formula is C20H24N8O2. The number of amides is 1. The Bertz CT molecular complexity index is 1110. The molecule has 3 aromatic heterocycles. The molecule has 2 fully saturated rings. The van der Waals surface area contributed by atoms with E-state index in [0.29, 0.717) is 47.7 Å². The molecule has 0 unspecified atom stereocenters. The van der Waals surface area contributed by atoms with Crippen LogP contribution in [0.25, 0.3) is 5.65 Å². The molecule has 156 valence electrons. The van der Waals surface area contributed by atoms with Crippen molar-refractivity contribution in [2.24, 2.45) is 5.92 Å². The van der Waals surface area contributed by atoms with Gasteiger partial charge in [-0.3, -0.25) is 4.79 Å². The number of carbonyl (C=O) groups excluding carboxylic acids is 1. The fraction of sp³-hybridized carbons (Fsp3) is 0.400. The van der Waals surface area contributed by atoms with Crippen molar-refractivity contribution in [1.29, 1.82) is 0 Å². The molecule has 0 spiro atoms. The number of carbonyl (C=O) groups is 1. The number of nitrogens with one attached hydrogen (secondary N) is 3. The van der Waals surface area contributed by atoms with E-state index in [9.17, 15) is 9.90 Å². The van der Waals surface area contributed by atoms with Crippen molar-refractivity contribution in [1.82, 2.24) is 24.9 Å². The number of rotatable bonds is 6. The van der Waals surface area contributed by atoms with Crippen LogP contribution in [0, 0.1) is 5.92 Å². The summed E-state index contributed by atoms with van der Waals surface area (Å²) in [5.74, 6) is 3.02. The van der Waals surface area contributed by atoms with Gasteiger partial charge in [0, 0.05) is 32.2 Å². The van der Waals surface area contributed by atoms with Gasteiger partial charge in [0.05, 0.1) is 12.3 Å². The second-order valence-corrected chi connectivity index (χ2v) is 7.93. The third kappa shape index (κ3) is 3.39. The fourth-order valence-corrected chi connectivity index (χ4v) is 3.58. The Morgan fingerprint density at radius 2 is 2.03 bits per heavy atom. The van der Waals surface area contributed by atoms with E-state index >= 15 is 0 Å². The van der Waals surface area contributed by atoms with Crippen LogP contribution in [-0.4, -0.2) is 62.9 Å². The topological polar surface area (TPSA) is 120 Å². The Balaban J connectivity index is 1.43. The van der Waals surface area contributed by atoms with Gasteiger partial charge < -0.3 is 26.0 Å². The minimum Gasteiger partial charge on any atom is -0.389 e. The van der Waals surface area contributed by atoms with E-state index in [1.807, 2.05) is 29.2 Å². The molecule has 1 aliphatic carbocycles. The van der Waals surface area contributed by atoms with Crippen LogP contribution in [0.1, 0.15) is 23.7 Å². The molecule has 30 heavy (non-hydrogen) atoms. The first-order valence-electron chi connectivity index (χ1n) is 10.1. The SMILES string of the molecule is CNc1cc(Nc2cccc(N3CC(O)C3)n2)nc2c(C(=O)N[C@@H]3C[C@@H]3C)cnn12. The Kier molecular flexibility index (Phi) is 4.43. The lowest BCUT2D eigenvalue weighted by molar-refractivity contribution is 0.0950. The van der Waals surface area contributed by atoms with E-state index in [0.717, 1.165) is 12.2 Å². The molecule has 5 rings (SSSR count). The molecule has 1 saturated heterocycles. The summed E-state index contributed by atoms with van der Waals surface area (Å²) in [4.78, 5) is 23.9. The summed E-state index contributed by atoms with van der Waals surface area (Å²) >= 11 is 0. The first-order chi connectivity index (χ1) is 14.5. The quantitative estimate of drug-likeness (QED) is 0.481. The molecular weight excluding hydrogens is 384 g/mol. The highest BCUT2D eigenvalue weighted by Gasteiger charge is 2.34. The van der Waals surface area contributed by atoms with E-state index in [4.69, 9.17) is 0 Å². The molecule has 0 aromatic carbocycles. The van der Waals surface area contributed by atoms with Crippen molar-refractivity contribution in [2.75, 3.05) is 35.7 Å². The number of anilines is 4. The first-order valence-corrected chi connectivity index (χ1v) is 10.1. The lowest BCUT2D eigenvalue weighted by atomic mass is 10.2. The van der Waals surface area contributed by atoms with E-state index < -0.39 is 0 Å². The lowest BCUT2D eigenvalue weighted by Gasteiger charge is -2.36. The largest absolute Gasteiger partial charge is 0.389 e. The molecule has 10 heteroatoms. The summed E-state index contributed by atoms with van der Waals surface area (Å²) in [5, 5.41) is 23.2. The predicted molar refractivity (Wildman–Crippen MR) is 113 cm³/mol. The highest BCUT2D eigenvalue weighted by atomic mass is 16.3. The number of aliphatic hydroxyl groups is 1. The standard InChI is InChI=1S/C20H24N8O2/c1-11-6-14(11)23-20(30)13-8-22-28-18(21-2)7-16(26-19(13)28)24-15-4-3-5-17(25-15)27-9-12(29)10-27/h3-5,7-8,11-12,14,21,29H,6,9-10H2,1-2H3,(H,23,30)(H,24,25,26)/t11-,14+/m0/s1. The van der Waals surface area contributed by atoms with Crippen LogP contribution in [0.2, 0.25) is 0 Å². The summed E-state index contributed by atoms with van der Waals surface area (Å²) in [5.41, 5.74) is 0.905. The molecule has 4 N–H and O–H groups in total. The van der Waals surface area contributed by atoms with Crippen LogP contribution in [0.4, 0.5) is 23.3 Å². The van der Waals surface area contributed by atoms with Crippen LogP contribution in [0.3, 0.4) is 0 Å². The number of hydrogen-bond donors (Lipinski definition) is 4. The van der Waals surface area contributed by atoms with Crippen LogP contribution >= 0.6 is 0 Å². The van der Waals surface area contributed by atoms with Crippen molar-refractivity contribution >= 4 is 34.8 Å². The molecule has 2 atom stereocenters. The molecule has 3 aromatic rings. The summed E-state index contributed by atoms with van der Waals surface area (Å²) in [6.07, 6.45) is 2.25. The highest BCUT2D eigenvalue weighted by Crippen LogP contribution is 2.30. The molecule has 1 amide bonds. The molecule has 0 bridgehead atoms. The minimum atomic E-state index is -0.296. The summed E-state index contributed by atoms with van der Waals surface area (Å²) in [6, 6.07) is 7.70. The first kappa shape index (κ1) is 18.6. The zero-order valence-electron chi connectivity index (χ0n) is 16.8. The van der Waals surface area contributed by atoms with Gasteiger partial charge in [-0.2, -0.15) is 9.61 Å². The maximum Gasteiger partial charge on any atom is 0.256 e. The molecule has 2 aliphatic rings. The van der Waals surface area contributed by atoms with Gasteiger partial charge in [-0.25, -0.2) is 9.97 Å². The van der Waals surface area contributed by atoms with Crippen LogP contribution < -0.4 is 20.9 Å². The zero-order valence-corrected chi connectivity index (χ0v) is 16.8. The Hall–Kier alpha value is -3.40. The third-order valence-electron chi connectivity index (χ3n) is 5.58. The minimum absolute atomic E-state index is 0.164. The number of hydrogen-bond acceptors (Lipinski definition) is 8. The number of fused-ring (bicyclic) bond motifs is 1. The van der Waals surface area contributed by atoms with Crippen LogP contribution in [0.5, 0.6) is 0 Å². The van der Waals surface area contributed by atoms with Crippen molar-refractivity contribution in [3.8, 4) is 0 Å². The number of aliphatic hydroxyl groups excluding tert-OH is 1. The van der Waals surface area contributed by atoms with Gasteiger partial charge >= 0.3 is 0 Å². The van der Waals surface area contributed by atoms with Crippen LogP contribution in [-0.2, 0) is 0 Å². The van der Waals surface area contributed by atoms with E-state index in [2.05, 4.69) is 37.9 Å². The summed E-state index contributed by atoms with van der Waals surface area (Å²) in [6.45, 7) is 3.28. The predicted octanol–water partition coefficient (Wildman–Crippen LogP) is 1.23. The van der Waals surface area contributed by atoms with Crippen molar-refractivity contribution in [2.45, 2.75) is 25.5 Å². The van der Waals surface area contributed by atoms with Crippen molar-refractivity contribution in [3.05, 3.63) is 36.0 Å². The average Bonchev–Trinajstić information content (AvgIpc) is 3.23. The lowest BCUT2D eigenvalue weighted by Crippen LogP contribution is -2.51. The monoisotopic (exact) mass is 408 g/mol. The van der Waals surface area contributed by atoms with Crippen LogP contribution in [0.15, 0.2) is 30.5 Å². The number of pyridine rings is 1. The van der Waals surface area contributed by atoms with Gasteiger partial charge in [0.2, 0.25) is 0 Å². The molecule has 4 heterocycles. The second kappa shape index (κ2) is 7.13. The average molecular weight is 408 g/mol.